The summed E-state index contributed by atoms with van der Waals surface area (Å²) in [7, 11) is 0. The number of carbonyl (C=O) groups excluding carboxylic acids is 1. The van der Waals surface area contributed by atoms with Gasteiger partial charge < -0.3 is 9.84 Å². The Balaban J connectivity index is 2.47. The zero-order chi connectivity index (χ0) is 16.9. The van der Waals surface area contributed by atoms with Crippen molar-refractivity contribution in [2.75, 3.05) is 6.61 Å². The van der Waals surface area contributed by atoms with Gasteiger partial charge in [0, 0.05) is 6.42 Å². The number of rotatable bonds is 11. The highest BCUT2D eigenvalue weighted by Gasteiger charge is 2.02. The molecule has 0 fully saturated rings. The molecule has 1 rings (SSSR count). The van der Waals surface area contributed by atoms with Gasteiger partial charge in [-0.15, -0.1) is 0 Å². The fraction of sp³-hybridized carbons (Fsp3) is 0.450. The minimum absolute atomic E-state index is 0.147. The maximum absolute atomic E-state index is 11.7. The molecule has 1 aromatic carbocycles. The number of hydrogen-bond acceptors (Lipinski definition) is 3. The first-order valence-corrected chi connectivity index (χ1v) is 8.50. The van der Waals surface area contributed by atoms with Crippen LogP contribution in [0.25, 0.3) is 6.08 Å². The van der Waals surface area contributed by atoms with Gasteiger partial charge in [-0.2, -0.15) is 0 Å². The fourth-order valence-corrected chi connectivity index (χ4v) is 2.10. The summed E-state index contributed by atoms with van der Waals surface area (Å²) in [6.45, 7) is 4.76. The average Bonchev–Trinajstić information content (AvgIpc) is 2.55. The van der Waals surface area contributed by atoms with E-state index < -0.39 is 0 Å². The molecule has 23 heavy (non-hydrogen) atoms. The van der Waals surface area contributed by atoms with Crippen LogP contribution in [0.1, 0.15) is 57.9 Å². The molecule has 1 aromatic rings. The van der Waals surface area contributed by atoms with Crippen LogP contribution in [-0.4, -0.2) is 17.5 Å². The van der Waals surface area contributed by atoms with Crippen molar-refractivity contribution in [3.8, 4) is 11.5 Å². The molecule has 0 aliphatic rings. The Kier molecular flexibility index (Phi) is 9.53. The Labute approximate surface area is 139 Å². The summed E-state index contributed by atoms with van der Waals surface area (Å²) in [4.78, 5) is 11.7. The van der Waals surface area contributed by atoms with Crippen molar-refractivity contribution in [3.63, 3.8) is 0 Å². The zero-order valence-corrected chi connectivity index (χ0v) is 14.3. The van der Waals surface area contributed by atoms with E-state index >= 15 is 0 Å². The zero-order valence-electron chi connectivity index (χ0n) is 14.3. The van der Waals surface area contributed by atoms with Crippen molar-refractivity contribution in [1.29, 1.82) is 0 Å². The second kappa shape index (κ2) is 11.5. The predicted octanol–water partition coefficient (Wildman–Crippen LogP) is 5.29. The molecule has 3 nitrogen and oxygen atoms in total. The number of ether oxygens (including phenoxy) is 1. The lowest BCUT2D eigenvalue weighted by molar-refractivity contribution is -0.114. The molecule has 0 atom stereocenters. The largest absolute Gasteiger partial charge is 0.504 e. The van der Waals surface area contributed by atoms with Gasteiger partial charge in [0.05, 0.1) is 6.61 Å². The lowest BCUT2D eigenvalue weighted by Gasteiger charge is -2.07. The third-order valence-corrected chi connectivity index (χ3v) is 3.40. The summed E-state index contributed by atoms with van der Waals surface area (Å²) in [5, 5.41) is 9.72. The molecule has 1 N–H and O–H groups in total. The summed E-state index contributed by atoms with van der Waals surface area (Å²) in [6, 6.07) is 5.22. The van der Waals surface area contributed by atoms with E-state index in [-0.39, 0.29) is 11.5 Å². The molecule has 0 spiro atoms. The van der Waals surface area contributed by atoms with Crippen LogP contribution in [0.4, 0.5) is 0 Å². The van der Waals surface area contributed by atoms with E-state index in [1.54, 1.807) is 24.3 Å². The molecule has 0 bridgehead atoms. The highest BCUT2D eigenvalue weighted by molar-refractivity contribution is 5.89. The van der Waals surface area contributed by atoms with E-state index in [9.17, 15) is 9.90 Å². The van der Waals surface area contributed by atoms with Gasteiger partial charge in [0.25, 0.3) is 0 Å². The maximum atomic E-state index is 11.7. The number of benzene rings is 1. The third kappa shape index (κ3) is 8.24. The molecule has 0 radical (unpaired) electrons. The number of ketones is 1. The summed E-state index contributed by atoms with van der Waals surface area (Å²) in [6.07, 6.45) is 13.1. The van der Waals surface area contributed by atoms with Crippen LogP contribution in [0.3, 0.4) is 0 Å². The summed E-state index contributed by atoms with van der Waals surface area (Å²) in [5.74, 6) is 0.807. The third-order valence-electron chi connectivity index (χ3n) is 3.40. The van der Waals surface area contributed by atoms with Gasteiger partial charge in [0.2, 0.25) is 0 Å². The van der Waals surface area contributed by atoms with Gasteiger partial charge in [-0.1, -0.05) is 57.4 Å². The lowest BCUT2D eigenvalue weighted by atomic mass is 10.1. The van der Waals surface area contributed by atoms with E-state index in [4.69, 9.17) is 4.74 Å². The Hall–Kier alpha value is -2.03. The van der Waals surface area contributed by atoms with Crippen molar-refractivity contribution in [3.05, 3.63) is 42.0 Å². The monoisotopic (exact) mass is 316 g/mol. The molecule has 3 heteroatoms. The van der Waals surface area contributed by atoms with Gasteiger partial charge in [0.15, 0.2) is 17.3 Å². The molecule has 0 heterocycles. The van der Waals surface area contributed by atoms with Crippen molar-refractivity contribution in [1.82, 2.24) is 0 Å². The minimum Gasteiger partial charge on any atom is -0.504 e. The van der Waals surface area contributed by atoms with E-state index in [0.29, 0.717) is 18.8 Å². The smallest absolute Gasteiger partial charge is 0.161 e. The van der Waals surface area contributed by atoms with Crippen molar-refractivity contribution >= 4 is 11.9 Å². The summed E-state index contributed by atoms with van der Waals surface area (Å²) in [5.41, 5.74) is 0.925. The standard InChI is InChI=1S/C20H28O3/c1-3-5-6-7-11-18(21)12-9-8-10-17-13-14-19(22)20(16-17)23-15-4-2/h8-10,12-14,16,22H,3-7,11,15H2,1-2H3. The molecular formula is C20H28O3. The Morgan fingerprint density at radius 1 is 1.13 bits per heavy atom. The van der Waals surface area contributed by atoms with Crippen molar-refractivity contribution in [2.24, 2.45) is 0 Å². The topological polar surface area (TPSA) is 46.5 Å². The fourth-order valence-electron chi connectivity index (χ4n) is 2.10. The van der Waals surface area contributed by atoms with E-state index in [1.165, 1.54) is 12.8 Å². The number of hydrogen-bond donors (Lipinski definition) is 1. The molecule has 0 saturated heterocycles. The number of aromatic hydroxyl groups is 1. The maximum Gasteiger partial charge on any atom is 0.161 e. The van der Waals surface area contributed by atoms with E-state index in [1.807, 2.05) is 25.1 Å². The summed E-state index contributed by atoms with van der Waals surface area (Å²) >= 11 is 0. The quantitative estimate of drug-likeness (QED) is 0.343. The second-order valence-corrected chi connectivity index (χ2v) is 5.57. The van der Waals surface area contributed by atoms with Crippen LogP contribution in [0.15, 0.2) is 36.4 Å². The predicted molar refractivity (Wildman–Crippen MR) is 95.8 cm³/mol. The van der Waals surface area contributed by atoms with Crippen molar-refractivity contribution < 1.29 is 14.6 Å². The van der Waals surface area contributed by atoms with Crippen LogP contribution in [-0.2, 0) is 4.79 Å². The minimum atomic E-state index is 0.147. The van der Waals surface area contributed by atoms with Gasteiger partial charge in [-0.25, -0.2) is 0 Å². The van der Waals surface area contributed by atoms with Gasteiger partial charge in [0.1, 0.15) is 0 Å². The lowest BCUT2D eigenvalue weighted by Crippen LogP contribution is -1.95. The Morgan fingerprint density at radius 2 is 1.96 bits per heavy atom. The second-order valence-electron chi connectivity index (χ2n) is 5.57. The number of allylic oxidation sites excluding steroid dienone is 3. The van der Waals surface area contributed by atoms with Crippen LogP contribution >= 0.6 is 0 Å². The first-order chi connectivity index (χ1) is 11.2. The van der Waals surface area contributed by atoms with E-state index in [2.05, 4.69) is 6.92 Å². The SMILES string of the molecule is CCCCCCC(=O)C=CC=Cc1ccc(O)c(OCCC)c1. The molecule has 126 valence electrons. The molecule has 0 aromatic heterocycles. The van der Waals surface area contributed by atoms with Crippen LogP contribution < -0.4 is 4.74 Å². The normalized spacial score (nSPS) is 11.4. The first-order valence-electron chi connectivity index (χ1n) is 8.50. The van der Waals surface area contributed by atoms with Crippen molar-refractivity contribution in [2.45, 2.75) is 52.4 Å². The average molecular weight is 316 g/mol. The first kappa shape index (κ1) is 19.0. The van der Waals surface area contributed by atoms with Crippen LogP contribution in [0.2, 0.25) is 0 Å². The van der Waals surface area contributed by atoms with E-state index in [0.717, 1.165) is 24.8 Å². The van der Waals surface area contributed by atoms with Crippen LogP contribution in [0, 0.1) is 0 Å². The number of unbranched alkanes of at least 4 members (excludes halogenated alkanes) is 3. The molecule has 0 aliphatic heterocycles. The van der Waals surface area contributed by atoms with Crippen LogP contribution in [0.5, 0.6) is 11.5 Å². The molecule has 0 unspecified atom stereocenters. The van der Waals surface area contributed by atoms with Gasteiger partial charge in [-0.3, -0.25) is 4.79 Å². The van der Waals surface area contributed by atoms with Gasteiger partial charge in [-0.05, 0) is 36.6 Å². The molecule has 0 amide bonds. The highest BCUT2D eigenvalue weighted by atomic mass is 16.5. The summed E-state index contributed by atoms with van der Waals surface area (Å²) < 4.78 is 5.48. The number of phenols is 1. The molecular weight excluding hydrogens is 288 g/mol. The Bertz CT molecular complexity index is 530. The Morgan fingerprint density at radius 3 is 2.70 bits per heavy atom. The number of phenolic OH excluding ortho intramolecular Hbond substituents is 1. The van der Waals surface area contributed by atoms with Gasteiger partial charge >= 0.3 is 0 Å². The number of carbonyl (C=O) groups is 1. The molecule has 0 saturated carbocycles. The molecule has 0 aliphatic carbocycles. The highest BCUT2D eigenvalue weighted by Crippen LogP contribution is 2.27.